The number of nitrogens with zero attached hydrogens (tertiary/aromatic N) is 3. The first kappa shape index (κ1) is 21.8. The van der Waals surface area contributed by atoms with Crippen molar-refractivity contribution in [1.82, 2.24) is 0 Å². The summed E-state index contributed by atoms with van der Waals surface area (Å²) in [6.07, 6.45) is -2.77. The number of fused-ring (bicyclic) bond motifs is 2. The van der Waals surface area contributed by atoms with E-state index >= 15 is 0 Å². The first-order chi connectivity index (χ1) is 14.7. The second-order valence-corrected chi connectivity index (χ2v) is 7.08. The zero-order valence-corrected chi connectivity index (χ0v) is 16.3. The number of alkyl halides is 3. The predicted molar refractivity (Wildman–Crippen MR) is 106 cm³/mol. The van der Waals surface area contributed by atoms with E-state index in [1.165, 1.54) is 18.2 Å². The summed E-state index contributed by atoms with van der Waals surface area (Å²) in [5, 5.41) is 20.1. The van der Waals surface area contributed by atoms with Crippen molar-refractivity contribution in [2.75, 3.05) is 16.8 Å². The normalized spacial score (nSPS) is 14.8. The Kier molecular flexibility index (Phi) is 6.26. The molecule has 4 rings (SSSR count). The molecule has 0 aromatic heterocycles. The minimum Gasteiger partial charge on any atom is -0.326 e. The Bertz CT molecular complexity index is 1110. The van der Waals surface area contributed by atoms with Gasteiger partial charge in [-0.25, -0.2) is 0 Å². The van der Waals surface area contributed by atoms with Crippen molar-refractivity contribution in [2.24, 2.45) is 0 Å². The lowest BCUT2D eigenvalue weighted by atomic mass is 9.99. The van der Waals surface area contributed by atoms with Gasteiger partial charge in [0.2, 0.25) is 11.8 Å². The quantitative estimate of drug-likeness (QED) is 0.749. The maximum Gasteiger partial charge on any atom is 0.406 e. The number of hydrogen-bond donors (Lipinski definition) is 1. The van der Waals surface area contributed by atoms with E-state index in [0.717, 1.165) is 22.6 Å². The van der Waals surface area contributed by atoms with E-state index < -0.39 is 18.6 Å². The van der Waals surface area contributed by atoms with Crippen molar-refractivity contribution in [3.63, 3.8) is 0 Å². The number of rotatable bonds is 1. The minimum atomic E-state index is -4.43. The van der Waals surface area contributed by atoms with Crippen molar-refractivity contribution < 1.29 is 22.8 Å². The number of aryl methyl sites for hydroxylation is 2. The summed E-state index contributed by atoms with van der Waals surface area (Å²) in [7, 11) is 0. The molecule has 0 aliphatic carbocycles. The van der Waals surface area contributed by atoms with E-state index in [4.69, 9.17) is 10.5 Å². The molecule has 0 bridgehead atoms. The number of nitriles is 2. The molecule has 0 saturated heterocycles. The maximum absolute atomic E-state index is 12.4. The molecule has 2 aromatic carbocycles. The van der Waals surface area contributed by atoms with Crippen LogP contribution in [0.5, 0.6) is 0 Å². The van der Waals surface area contributed by atoms with Crippen molar-refractivity contribution in [1.29, 1.82) is 10.5 Å². The van der Waals surface area contributed by atoms with Gasteiger partial charge in [-0.2, -0.15) is 23.7 Å². The van der Waals surface area contributed by atoms with Crippen molar-refractivity contribution in [3.8, 4) is 12.1 Å². The molecule has 158 valence electrons. The molecule has 9 heteroatoms. The van der Waals surface area contributed by atoms with Gasteiger partial charge in [0, 0.05) is 24.2 Å². The monoisotopic (exact) mass is 426 g/mol. The molecule has 0 fully saturated rings. The van der Waals surface area contributed by atoms with Gasteiger partial charge >= 0.3 is 6.18 Å². The van der Waals surface area contributed by atoms with Gasteiger partial charge in [0.25, 0.3) is 0 Å². The summed E-state index contributed by atoms with van der Waals surface area (Å²) in [6, 6.07) is 13.7. The fraction of sp³-hybridized carbons (Fsp3) is 0.273. The van der Waals surface area contributed by atoms with Crippen molar-refractivity contribution in [2.45, 2.75) is 31.9 Å². The molecule has 0 spiro atoms. The van der Waals surface area contributed by atoms with Gasteiger partial charge in [-0.05, 0) is 60.4 Å². The van der Waals surface area contributed by atoms with Gasteiger partial charge in [0.05, 0.1) is 23.3 Å². The van der Waals surface area contributed by atoms with Crippen LogP contribution in [0.15, 0.2) is 36.4 Å². The van der Waals surface area contributed by atoms with Crippen LogP contribution in [0.4, 0.5) is 24.5 Å². The van der Waals surface area contributed by atoms with Crippen LogP contribution in [-0.4, -0.2) is 24.5 Å². The molecular weight excluding hydrogens is 409 g/mol. The van der Waals surface area contributed by atoms with Gasteiger partial charge in [0.15, 0.2) is 0 Å². The van der Waals surface area contributed by atoms with E-state index in [0.29, 0.717) is 29.5 Å². The zero-order valence-electron chi connectivity index (χ0n) is 16.3. The van der Waals surface area contributed by atoms with Gasteiger partial charge in [-0.3, -0.25) is 9.59 Å². The summed E-state index contributed by atoms with van der Waals surface area (Å²) in [5.41, 5.74) is 3.79. The van der Waals surface area contributed by atoms with Gasteiger partial charge in [-0.15, -0.1) is 0 Å². The summed E-state index contributed by atoms with van der Waals surface area (Å²) in [5.74, 6) is -0.484. The molecule has 6 nitrogen and oxygen atoms in total. The Labute approximate surface area is 176 Å². The third-order valence-corrected chi connectivity index (χ3v) is 4.88. The average Bonchev–Trinajstić information content (AvgIpc) is 2.74. The first-order valence-electron chi connectivity index (χ1n) is 9.43. The van der Waals surface area contributed by atoms with Gasteiger partial charge in [0.1, 0.15) is 6.54 Å². The Hall–Kier alpha value is -3.85. The number of hydrogen-bond acceptors (Lipinski definition) is 4. The summed E-state index contributed by atoms with van der Waals surface area (Å²) in [4.78, 5) is 23.3. The van der Waals surface area contributed by atoms with Crippen LogP contribution in [0.3, 0.4) is 0 Å². The summed E-state index contributed by atoms with van der Waals surface area (Å²) < 4.78 is 37.2. The fourth-order valence-electron chi connectivity index (χ4n) is 3.44. The van der Waals surface area contributed by atoms with Crippen LogP contribution >= 0.6 is 0 Å². The van der Waals surface area contributed by atoms with Crippen LogP contribution in [0.25, 0.3) is 0 Å². The molecule has 2 heterocycles. The second-order valence-electron chi connectivity index (χ2n) is 7.08. The molecule has 2 aliphatic heterocycles. The zero-order chi connectivity index (χ0) is 22.6. The van der Waals surface area contributed by atoms with E-state index in [1.807, 2.05) is 12.1 Å². The average molecular weight is 426 g/mol. The SMILES string of the molecule is N#Cc1ccc2c(c1)CCC(=O)N2.N#Cc1ccc2c(c1)CCC(=O)N2CC(F)(F)F. The highest BCUT2D eigenvalue weighted by Gasteiger charge is 2.36. The molecule has 2 aliphatic rings. The largest absolute Gasteiger partial charge is 0.406 e. The highest BCUT2D eigenvalue weighted by Crippen LogP contribution is 2.31. The molecule has 31 heavy (non-hydrogen) atoms. The van der Waals surface area contributed by atoms with Crippen LogP contribution in [0.2, 0.25) is 0 Å². The summed E-state index contributed by atoms with van der Waals surface area (Å²) >= 11 is 0. The lowest BCUT2D eigenvalue weighted by Crippen LogP contribution is -2.41. The lowest BCUT2D eigenvalue weighted by molar-refractivity contribution is -0.132. The number of halogens is 3. The predicted octanol–water partition coefficient (Wildman–Crippen LogP) is 3.84. The summed E-state index contributed by atoms with van der Waals surface area (Å²) in [6.45, 7) is -1.29. The van der Waals surface area contributed by atoms with Gasteiger partial charge < -0.3 is 10.2 Å². The van der Waals surface area contributed by atoms with E-state index in [1.54, 1.807) is 12.1 Å². The van der Waals surface area contributed by atoms with Crippen LogP contribution in [-0.2, 0) is 22.4 Å². The standard InChI is InChI=1S/C12H9F3N2O.C10H8N2O/c13-12(14,15)7-17-10-3-1-8(6-16)5-9(10)2-4-11(17)18;11-6-7-1-3-9-8(5-7)2-4-10(13)12-9/h1,3,5H,2,4,7H2;1,3,5H,2,4H2,(H,12,13). The van der Waals surface area contributed by atoms with Gasteiger partial charge in [-0.1, -0.05) is 0 Å². The number of benzene rings is 2. The molecule has 0 radical (unpaired) electrons. The van der Waals surface area contributed by atoms with Crippen molar-refractivity contribution >= 4 is 23.2 Å². The smallest absolute Gasteiger partial charge is 0.326 e. The van der Waals surface area contributed by atoms with Crippen LogP contribution in [0.1, 0.15) is 35.1 Å². The molecule has 0 saturated carbocycles. The maximum atomic E-state index is 12.4. The highest BCUT2D eigenvalue weighted by molar-refractivity contribution is 5.96. The lowest BCUT2D eigenvalue weighted by Gasteiger charge is -2.30. The van der Waals surface area contributed by atoms with E-state index in [-0.39, 0.29) is 18.0 Å². The molecular formula is C22H17F3N4O2. The number of carbonyl (C=O) groups is 2. The number of nitrogens with one attached hydrogen (secondary N) is 1. The minimum absolute atomic E-state index is 0.0396. The number of anilines is 2. The Morgan fingerprint density at radius 3 is 2.16 bits per heavy atom. The Balaban J connectivity index is 0.000000185. The second kappa shape index (κ2) is 8.88. The molecule has 2 aromatic rings. The third kappa shape index (κ3) is 5.40. The molecule has 2 amide bonds. The third-order valence-electron chi connectivity index (χ3n) is 4.88. The van der Waals surface area contributed by atoms with Crippen LogP contribution < -0.4 is 10.2 Å². The van der Waals surface area contributed by atoms with E-state index in [2.05, 4.69) is 11.4 Å². The topological polar surface area (TPSA) is 97.0 Å². The molecule has 0 atom stereocenters. The highest BCUT2D eigenvalue weighted by atomic mass is 19.4. The first-order valence-corrected chi connectivity index (χ1v) is 9.43. The Morgan fingerprint density at radius 2 is 1.52 bits per heavy atom. The molecule has 1 N–H and O–H groups in total. The fourth-order valence-corrected chi connectivity index (χ4v) is 3.44. The van der Waals surface area contributed by atoms with E-state index in [9.17, 15) is 22.8 Å². The number of amides is 2. The molecule has 0 unspecified atom stereocenters. The number of carbonyl (C=O) groups excluding carboxylic acids is 2. The van der Waals surface area contributed by atoms with Crippen molar-refractivity contribution in [3.05, 3.63) is 58.7 Å². The van der Waals surface area contributed by atoms with Crippen LogP contribution in [0, 0.1) is 22.7 Å². The Morgan fingerprint density at radius 1 is 0.903 bits per heavy atom.